The first-order chi connectivity index (χ1) is 9.31. The molecule has 0 aromatic rings. The number of likely N-dealkylation sites (tertiary alicyclic amines) is 1. The van der Waals surface area contributed by atoms with E-state index in [9.17, 15) is 15.0 Å². The van der Waals surface area contributed by atoms with Crippen molar-refractivity contribution in [1.82, 2.24) is 4.90 Å². The van der Waals surface area contributed by atoms with Crippen molar-refractivity contribution in [2.75, 3.05) is 26.3 Å². The molecule has 1 saturated heterocycles. The first-order valence-electron chi connectivity index (χ1n) is 7.51. The van der Waals surface area contributed by atoms with Gasteiger partial charge in [-0.25, -0.2) is 4.79 Å². The fraction of sp³-hybridized carbons (Fsp3) is 0.933. The summed E-state index contributed by atoms with van der Waals surface area (Å²) in [5.41, 5.74) is -0.377. The Morgan fingerprint density at radius 2 is 2.00 bits per heavy atom. The molecule has 0 radical (unpaired) electrons. The summed E-state index contributed by atoms with van der Waals surface area (Å²) < 4.78 is 5.42. The van der Waals surface area contributed by atoms with Gasteiger partial charge >= 0.3 is 6.09 Å². The fourth-order valence-electron chi connectivity index (χ4n) is 3.65. The first-order valence-corrected chi connectivity index (χ1v) is 7.51. The maximum Gasteiger partial charge on any atom is 0.410 e. The van der Waals surface area contributed by atoms with Gasteiger partial charge in [0, 0.05) is 32.2 Å². The average molecular weight is 285 g/mol. The summed E-state index contributed by atoms with van der Waals surface area (Å²) >= 11 is 0. The van der Waals surface area contributed by atoms with Crippen molar-refractivity contribution in [3.05, 3.63) is 0 Å². The van der Waals surface area contributed by atoms with Gasteiger partial charge in [-0.15, -0.1) is 0 Å². The standard InChI is InChI=1S/C15H27NO4/c1-14(2,3)20-13(19)16-7-6-15(10-16)5-4-12(15)11(8-17)9-18/h11-12,17-18H,4-10H2,1-3H3/t12?,15-/m0/s1. The van der Waals surface area contributed by atoms with Crippen LogP contribution in [0.3, 0.4) is 0 Å². The number of aliphatic hydroxyl groups excluding tert-OH is 2. The highest BCUT2D eigenvalue weighted by molar-refractivity contribution is 5.68. The molecule has 5 heteroatoms. The fourth-order valence-corrected chi connectivity index (χ4v) is 3.65. The van der Waals surface area contributed by atoms with Gasteiger partial charge in [-0.2, -0.15) is 0 Å². The second kappa shape index (κ2) is 5.53. The minimum absolute atomic E-state index is 0.0232. The van der Waals surface area contributed by atoms with Crippen LogP contribution in [0, 0.1) is 17.3 Å². The molecule has 116 valence electrons. The van der Waals surface area contributed by atoms with Crippen LogP contribution in [0.4, 0.5) is 4.79 Å². The van der Waals surface area contributed by atoms with Crippen molar-refractivity contribution in [3.8, 4) is 0 Å². The predicted octanol–water partition coefficient (Wildman–Crippen LogP) is 1.62. The maximum atomic E-state index is 12.1. The number of amides is 1. The van der Waals surface area contributed by atoms with Crippen LogP contribution in [0.15, 0.2) is 0 Å². The summed E-state index contributed by atoms with van der Waals surface area (Å²) in [6.45, 7) is 7.08. The third-order valence-corrected chi connectivity index (χ3v) is 4.81. The topological polar surface area (TPSA) is 70.0 Å². The molecular weight excluding hydrogens is 258 g/mol. The zero-order valence-electron chi connectivity index (χ0n) is 12.8. The Hall–Kier alpha value is -0.810. The smallest absolute Gasteiger partial charge is 0.410 e. The van der Waals surface area contributed by atoms with E-state index in [0.29, 0.717) is 12.5 Å². The van der Waals surface area contributed by atoms with E-state index in [1.807, 2.05) is 20.8 Å². The predicted molar refractivity (Wildman–Crippen MR) is 75.2 cm³/mol. The molecular formula is C15H27NO4. The van der Waals surface area contributed by atoms with Gasteiger partial charge in [-0.05, 0) is 51.4 Å². The van der Waals surface area contributed by atoms with Crippen LogP contribution in [-0.4, -0.2) is 53.1 Å². The number of hydrogen-bond acceptors (Lipinski definition) is 4. The second-order valence-electron chi connectivity index (χ2n) is 7.28. The van der Waals surface area contributed by atoms with Gasteiger partial charge in [0.1, 0.15) is 5.60 Å². The lowest BCUT2D eigenvalue weighted by Gasteiger charge is -2.50. The summed E-state index contributed by atoms with van der Waals surface area (Å²) in [5.74, 6) is 0.271. The summed E-state index contributed by atoms with van der Waals surface area (Å²) in [6.07, 6.45) is 2.82. The Bertz CT molecular complexity index is 361. The molecule has 1 spiro atoms. The van der Waals surface area contributed by atoms with Gasteiger partial charge in [0.15, 0.2) is 0 Å². The second-order valence-corrected chi connectivity index (χ2v) is 7.28. The Morgan fingerprint density at radius 3 is 2.45 bits per heavy atom. The highest BCUT2D eigenvalue weighted by atomic mass is 16.6. The normalized spacial score (nSPS) is 29.9. The van der Waals surface area contributed by atoms with E-state index in [4.69, 9.17) is 4.74 Å². The molecule has 1 amide bonds. The number of hydrogen-bond donors (Lipinski definition) is 2. The van der Waals surface area contributed by atoms with Gasteiger partial charge in [0.05, 0.1) is 0 Å². The summed E-state index contributed by atoms with van der Waals surface area (Å²) in [6, 6.07) is 0. The largest absolute Gasteiger partial charge is 0.444 e. The molecule has 0 aromatic heterocycles. The van der Waals surface area contributed by atoms with Crippen molar-refractivity contribution in [2.45, 2.75) is 45.6 Å². The lowest BCUT2D eigenvalue weighted by molar-refractivity contribution is -0.0448. The zero-order valence-corrected chi connectivity index (χ0v) is 12.8. The molecule has 0 bridgehead atoms. The van der Waals surface area contributed by atoms with E-state index < -0.39 is 5.60 Å². The van der Waals surface area contributed by atoms with Crippen molar-refractivity contribution < 1.29 is 19.7 Å². The Kier molecular flexibility index (Phi) is 4.30. The van der Waals surface area contributed by atoms with E-state index in [-0.39, 0.29) is 30.6 Å². The van der Waals surface area contributed by atoms with Crippen LogP contribution in [0.1, 0.15) is 40.0 Å². The first kappa shape index (κ1) is 15.6. The molecule has 1 aliphatic heterocycles. The highest BCUT2D eigenvalue weighted by Gasteiger charge is 2.54. The zero-order chi connectivity index (χ0) is 15.0. The molecule has 1 aliphatic carbocycles. The Morgan fingerprint density at radius 1 is 1.35 bits per heavy atom. The van der Waals surface area contributed by atoms with Gasteiger partial charge in [0.2, 0.25) is 0 Å². The molecule has 2 atom stereocenters. The summed E-state index contributed by atoms with van der Waals surface area (Å²) in [4.78, 5) is 13.9. The number of carbonyl (C=O) groups is 1. The SMILES string of the molecule is CC(C)(C)OC(=O)N1CC[C@@]2(CCC2C(CO)CO)C1. The molecule has 2 aliphatic rings. The van der Waals surface area contributed by atoms with E-state index >= 15 is 0 Å². The van der Waals surface area contributed by atoms with E-state index in [1.54, 1.807) is 4.90 Å². The van der Waals surface area contributed by atoms with Crippen LogP contribution in [0.5, 0.6) is 0 Å². The Balaban J connectivity index is 1.96. The van der Waals surface area contributed by atoms with Crippen molar-refractivity contribution in [3.63, 3.8) is 0 Å². The van der Waals surface area contributed by atoms with Crippen LogP contribution < -0.4 is 0 Å². The Labute approximate surface area is 120 Å². The number of carbonyl (C=O) groups excluding carboxylic acids is 1. The highest BCUT2D eigenvalue weighted by Crippen LogP contribution is 2.55. The molecule has 1 heterocycles. The number of ether oxygens (including phenoxy) is 1. The number of nitrogens with zero attached hydrogens (tertiary/aromatic N) is 1. The van der Waals surface area contributed by atoms with Gasteiger partial charge < -0.3 is 19.8 Å². The van der Waals surface area contributed by atoms with Crippen LogP contribution in [0.25, 0.3) is 0 Å². The maximum absolute atomic E-state index is 12.1. The molecule has 0 aromatic carbocycles. The monoisotopic (exact) mass is 285 g/mol. The summed E-state index contributed by atoms with van der Waals surface area (Å²) in [5, 5.41) is 18.7. The van der Waals surface area contributed by atoms with Crippen LogP contribution in [0.2, 0.25) is 0 Å². The minimum Gasteiger partial charge on any atom is -0.444 e. The van der Waals surface area contributed by atoms with Crippen LogP contribution in [-0.2, 0) is 4.74 Å². The lowest BCUT2D eigenvalue weighted by atomic mass is 9.55. The van der Waals surface area contributed by atoms with Crippen molar-refractivity contribution >= 4 is 6.09 Å². The van der Waals surface area contributed by atoms with E-state index in [2.05, 4.69) is 0 Å². The van der Waals surface area contributed by atoms with Crippen molar-refractivity contribution in [1.29, 1.82) is 0 Å². The molecule has 20 heavy (non-hydrogen) atoms. The van der Waals surface area contributed by atoms with Crippen LogP contribution >= 0.6 is 0 Å². The summed E-state index contributed by atoms with van der Waals surface area (Å²) in [7, 11) is 0. The lowest BCUT2D eigenvalue weighted by Crippen LogP contribution is -2.49. The third-order valence-electron chi connectivity index (χ3n) is 4.81. The van der Waals surface area contributed by atoms with Gasteiger partial charge in [-0.1, -0.05) is 0 Å². The molecule has 1 unspecified atom stereocenters. The van der Waals surface area contributed by atoms with Gasteiger partial charge in [0.25, 0.3) is 0 Å². The quantitative estimate of drug-likeness (QED) is 0.827. The molecule has 2 fully saturated rings. The third kappa shape index (κ3) is 2.93. The molecule has 1 saturated carbocycles. The minimum atomic E-state index is -0.468. The van der Waals surface area contributed by atoms with E-state index in [0.717, 1.165) is 25.8 Å². The number of aliphatic hydroxyl groups is 2. The van der Waals surface area contributed by atoms with Crippen molar-refractivity contribution in [2.24, 2.45) is 17.3 Å². The molecule has 5 nitrogen and oxygen atoms in total. The van der Waals surface area contributed by atoms with Gasteiger partial charge in [-0.3, -0.25) is 0 Å². The molecule has 2 rings (SSSR count). The molecule has 2 N–H and O–H groups in total. The van der Waals surface area contributed by atoms with E-state index in [1.165, 1.54) is 0 Å². The average Bonchev–Trinajstić information content (AvgIpc) is 2.79. The number of rotatable bonds is 3.